The molecule has 1 aliphatic rings. The molecule has 7 heteroatoms. The Labute approximate surface area is 119 Å². The Morgan fingerprint density at radius 3 is 2.50 bits per heavy atom. The molecule has 1 amide bonds. The Hall–Kier alpha value is -1.44. The quantitative estimate of drug-likeness (QED) is 0.857. The van der Waals surface area contributed by atoms with Crippen molar-refractivity contribution >= 4 is 21.8 Å². The van der Waals surface area contributed by atoms with Crippen LogP contribution in [-0.4, -0.2) is 30.7 Å². The first-order chi connectivity index (χ1) is 9.17. The maximum atomic E-state index is 12.3. The van der Waals surface area contributed by atoms with Crippen LogP contribution in [0.1, 0.15) is 26.3 Å². The van der Waals surface area contributed by atoms with Crippen molar-refractivity contribution in [1.29, 1.82) is 0 Å². The predicted octanol–water partition coefficient (Wildman–Crippen LogP) is 1.07. The lowest BCUT2D eigenvalue weighted by Gasteiger charge is -2.26. The van der Waals surface area contributed by atoms with Crippen LogP contribution in [0.4, 0.5) is 5.69 Å². The smallest absolute Gasteiger partial charge is 0.280 e. The molecule has 0 saturated carbocycles. The lowest BCUT2D eigenvalue weighted by atomic mass is 10.1. The molecule has 6 nitrogen and oxygen atoms in total. The Balaban J connectivity index is 2.32. The summed E-state index contributed by atoms with van der Waals surface area (Å²) in [5, 5.41) is 2.71. The van der Waals surface area contributed by atoms with E-state index in [1.165, 1.54) is 0 Å². The molecule has 0 fully saturated rings. The standard InChI is InChI=1S/C13H19N3O3S/c1-13(2,3)15-20(18,19)16-8-10-6-4-5-7-11(10)14-12(17)9-16/h4-7,15H,8-9H2,1-3H3,(H,14,17). The van der Waals surface area contributed by atoms with E-state index in [0.717, 1.165) is 9.87 Å². The van der Waals surface area contributed by atoms with Gasteiger partial charge in [0.2, 0.25) is 5.91 Å². The molecular formula is C13H19N3O3S. The maximum absolute atomic E-state index is 12.3. The average Bonchev–Trinajstić information content (AvgIpc) is 2.44. The van der Waals surface area contributed by atoms with E-state index >= 15 is 0 Å². The van der Waals surface area contributed by atoms with Crippen molar-refractivity contribution in [3.63, 3.8) is 0 Å². The molecule has 1 aromatic rings. The highest BCUT2D eigenvalue weighted by Crippen LogP contribution is 2.22. The van der Waals surface area contributed by atoms with Gasteiger partial charge in [-0.25, -0.2) is 0 Å². The molecular weight excluding hydrogens is 278 g/mol. The van der Waals surface area contributed by atoms with Crippen molar-refractivity contribution in [2.45, 2.75) is 32.9 Å². The van der Waals surface area contributed by atoms with Crippen LogP contribution >= 0.6 is 0 Å². The van der Waals surface area contributed by atoms with Crippen molar-refractivity contribution in [1.82, 2.24) is 9.03 Å². The predicted molar refractivity (Wildman–Crippen MR) is 77.3 cm³/mol. The van der Waals surface area contributed by atoms with Gasteiger partial charge in [-0.1, -0.05) is 18.2 Å². The van der Waals surface area contributed by atoms with Crippen molar-refractivity contribution in [2.75, 3.05) is 11.9 Å². The van der Waals surface area contributed by atoms with Gasteiger partial charge < -0.3 is 5.32 Å². The van der Waals surface area contributed by atoms with Gasteiger partial charge >= 0.3 is 0 Å². The fourth-order valence-electron chi connectivity index (χ4n) is 2.00. The van der Waals surface area contributed by atoms with Gasteiger partial charge in [0.25, 0.3) is 10.2 Å². The number of nitrogens with zero attached hydrogens (tertiary/aromatic N) is 1. The van der Waals surface area contributed by atoms with Crippen molar-refractivity contribution in [2.24, 2.45) is 0 Å². The zero-order chi connectivity index (χ0) is 15.0. The van der Waals surface area contributed by atoms with Crippen LogP contribution < -0.4 is 10.0 Å². The number of nitrogens with one attached hydrogen (secondary N) is 2. The first-order valence-corrected chi connectivity index (χ1v) is 7.78. The number of anilines is 1. The molecule has 0 atom stereocenters. The summed E-state index contributed by atoms with van der Waals surface area (Å²) in [7, 11) is -3.72. The van der Waals surface area contributed by atoms with Crippen LogP contribution in [0, 0.1) is 0 Å². The summed E-state index contributed by atoms with van der Waals surface area (Å²) in [6.07, 6.45) is 0. The number of para-hydroxylation sites is 1. The molecule has 0 aliphatic carbocycles. The SMILES string of the molecule is CC(C)(C)NS(=O)(=O)N1CC(=O)Nc2ccccc2C1. The molecule has 1 aliphatic heterocycles. The normalized spacial score (nSPS) is 17.2. The zero-order valence-corrected chi connectivity index (χ0v) is 12.6. The van der Waals surface area contributed by atoms with Gasteiger partial charge in [0, 0.05) is 17.8 Å². The van der Waals surface area contributed by atoms with Gasteiger partial charge in [-0.15, -0.1) is 0 Å². The topological polar surface area (TPSA) is 78.5 Å². The third-order valence-electron chi connectivity index (χ3n) is 2.73. The van der Waals surface area contributed by atoms with Crippen molar-refractivity contribution < 1.29 is 13.2 Å². The van der Waals surface area contributed by atoms with Crippen LogP contribution in [0.15, 0.2) is 24.3 Å². The summed E-state index contributed by atoms with van der Waals surface area (Å²) >= 11 is 0. The molecule has 1 aromatic carbocycles. The zero-order valence-electron chi connectivity index (χ0n) is 11.8. The van der Waals surface area contributed by atoms with Crippen LogP contribution in [0.3, 0.4) is 0 Å². The van der Waals surface area contributed by atoms with E-state index in [9.17, 15) is 13.2 Å². The molecule has 0 aromatic heterocycles. The monoisotopic (exact) mass is 297 g/mol. The van der Waals surface area contributed by atoms with Gasteiger partial charge in [-0.05, 0) is 32.4 Å². The fourth-order valence-corrected chi connectivity index (χ4v) is 3.50. The molecule has 1 heterocycles. The molecule has 0 saturated heterocycles. The minimum atomic E-state index is -3.72. The number of benzene rings is 1. The first kappa shape index (κ1) is 15.0. The van der Waals surface area contributed by atoms with E-state index in [4.69, 9.17) is 0 Å². The van der Waals surface area contributed by atoms with E-state index in [0.29, 0.717) is 5.69 Å². The molecule has 2 N–H and O–H groups in total. The third kappa shape index (κ3) is 3.56. The second-order valence-electron chi connectivity index (χ2n) is 5.83. The van der Waals surface area contributed by atoms with Crippen LogP contribution in [0.2, 0.25) is 0 Å². The minimum Gasteiger partial charge on any atom is -0.325 e. The first-order valence-electron chi connectivity index (χ1n) is 6.34. The lowest BCUT2D eigenvalue weighted by molar-refractivity contribution is -0.116. The minimum absolute atomic E-state index is 0.167. The Morgan fingerprint density at radius 2 is 1.85 bits per heavy atom. The summed E-state index contributed by atoms with van der Waals surface area (Å²) in [5.74, 6) is -0.339. The largest absolute Gasteiger partial charge is 0.325 e. The Kier molecular flexibility index (Phi) is 3.86. The number of amides is 1. The fraction of sp³-hybridized carbons (Fsp3) is 0.462. The molecule has 20 heavy (non-hydrogen) atoms. The van der Waals surface area contributed by atoms with Crippen molar-refractivity contribution in [3.8, 4) is 0 Å². The van der Waals surface area contributed by atoms with Crippen molar-refractivity contribution in [3.05, 3.63) is 29.8 Å². The van der Waals surface area contributed by atoms with Crippen LogP contribution in [-0.2, 0) is 21.5 Å². The van der Waals surface area contributed by atoms with E-state index in [-0.39, 0.29) is 19.0 Å². The second kappa shape index (κ2) is 5.16. The molecule has 0 unspecified atom stereocenters. The van der Waals surface area contributed by atoms with Gasteiger partial charge in [-0.3, -0.25) is 4.79 Å². The van der Waals surface area contributed by atoms with Crippen LogP contribution in [0.5, 0.6) is 0 Å². The number of rotatable bonds is 2. The summed E-state index contributed by atoms with van der Waals surface area (Å²) in [6, 6.07) is 7.19. The number of hydrogen-bond acceptors (Lipinski definition) is 3. The third-order valence-corrected chi connectivity index (χ3v) is 4.54. The molecule has 110 valence electrons. The lowest BCUT2D eigenvalue weighted by Crippen LogP contribution is -2.49. The number of carbonyl (C=O) groups is 1. The maximum Gasteiger partial charge on any atom is 0.280 e. The summed E-state index contributed by atoms with van der Waals surface area (Å²) in [5.41, 5.74) is 0.838. The van der Waals surface area contributed by atoms with E-state index in [1.54, 1.807) is 39.0 Å². The number of carbonyl (C=O) groups excluding carboxylic acids is 1. The highest BCUT2D eigenvalue weighted by molar-refractivity contribution is 7.87. The Morgan fingerprint density at radius 1 is 1.20 bits per heavy atom. The van der Waals surface area contributed by atoms with E-state index in [2.05, 4.69) is 10.0 Å². The highest BCUT2D eigenvalue weighted by Gasteiger charge is 2.31. The molecule has 0 radical (unpaired) electrons. The molecule has 0 bridgehead atoms. The number of hydrogen-bond donors (Lipinski definition) is 2. The summed E-state index contributed by atoms with van der Waals surface area (Å²) in [6.45, 7) is 5.25. The van der Waals surface area contributed by atoms with Gasteiger partial charge in [0.15, 0.2) is 0 Å². The second-order valence-corrected chi connectivity index (χ2v) is 7.50. The van der Waals surface area contributed by atoms with Gasteiger partial charge in [0.05, 0.1) is 6.54 Å². The van der Waals surface area contributed by atoms with Gasteiger partial charge in [0.1, 0.15) is 0 Å². The average molecular weight is 297 g/mol. The highest BCUT2D eigenvalue weighted by atomic mass is 32.2. The molecule has 0 spiro atoms. The van der Waals surface area contributed by atoms with E-state index in [1.807, 2.05) is 6.07 Å². The number of fused-ring (bicyclic) bond motifs is 1. The molecule has 2 rings (SSSR count). The Bertz CT molecular complexity index is 620. The van der Waals surface area contributed by atoms with E-state index < -0.39 is 15.7 Å². The van der Waals surface area contributed by atoms with Gasteiger partial charge in [-0.2, -0.15) is 17.4 Å². The van der Waals surface area contributed by atoms with Crippen LogP contribution in [0.25, 0.3) is 0 Å². The summed E-state index contributed by atoms with van der Waals surface area (Å²) < 4.78 is 28.4. The summed E-state index contributed by atoms with van der Waals surface area (Å²) in [4.78, 5) is 11.8.